The van der Waals surface area contributed by atoms with E-state index in [0.717, 1.165) is 5.69 Å². The molecule has 94 valence electrons. The van der Waals surface area contributed by atoms with Gasteiger partial charge < -0.3 is 15.8 Å². The van der Waals surface area contributed by atoms with Gasteiger partial charge in [-0.2, -0.15) is 0 Å². The fourth-order valence-electron chi connectivity index (χ4n) is 1.62. The maximum atomic E-state index is 11.6. The van der Waals surface area contributed by atoms with E-state index in [9.17, 15) is 4.79 Å². The molecule has 17 heavy (non-hydrogen) atoms. The van der Waals surface area contributed by atoms with E-state index in [1.807, 2.05) is 13.0 Å². The largest absolute Gasteiger partial charge is 0.382 e. The van der Waals surface area contributed by atoms with Crippen LogP contribution in [0.4, 0.5) is 5.69 Å². The quantitative estimate of drug-likeness (QED) is 0.819. The van der Waals surface area contributed by atoms with Gasteiger partial charge in [-0.25, -0.2) is 0 Å². The summed E-state index contributed by atoms with van der Waals surface area (Å²) in [6.45, 7) is 2.09. The summed E-state index contributed by atoms with van der Waals surface area (Å²) in [4.78, 5) is 11.6. The third kappa shape index (κ3) is 3.35. The SMILES string of the molecule is CCC(COC)(Nc1cccc(Cl)c1)C(N)=O. The minimum absolute atomic E-state index is 0.214. The highest BCUT2D eigenvalue weighted by Crippen LogP contribution is 2.22. The Morgan fingerprint density at radius 2 is 2.29 bits per heavy atom. The summed E-state index contributed by atoms with van der Waals surface area (Å²) in [6.07, 6.45) is 0.530. The number of benzene rings is 1. The number of primary amides is 1. The molecule has 1 amide bonds. The fourth-order valence-corrected chi connectivity index (χ4v) is 1.81. The second-order valence-electron chi connectivity index (χ2n) is 3.87. The van der Waals surface area contributed by atoms with Crippen LogP contribution in [0.15, 0.2) is 24.3 Å². The van der Waals surface area contributed by atoms with Crippen LogP contribution in [-0.4, -0.2) is 25.2 Å². The molecule has 0 aliphatic carbocycles. The third-order valence-corrected chi connectivity index (χ3v) is 2.91. The van der Waals surface area contributed by atoms with E-state index in [1.54, 1.807) is 18.2 Å². The fraction of sp³-hybridized carbons (Fsp3) is 0.417. The number of anilines is 1. The molecule has 1 rings (SSSR count). The number of halogens is 1. The molecule has 0 spiro atoms. The van der Waals surface area contributed by atoms with Crippen LogP contribution in [0.2, 0.25) is 5.02 Å². The molecule has 0 saturated heterocycles. The summed E-state index contributed by atoms with van der Waals surface area (Å²) < 4.78 is 5.07. The lowest BCUT2D eigenvalue weighted by molar-refractivity contribution is -0.124. The lowest BCUT2D eigenvalue weighted by Gasteiger charge is -2.30. The predicted molar refractivity (Wildman–Crippen MR) is 69.2 cm³/mol. The summed E-state index contributed by atoms with van der Waals surface area (Å²) in [5, 5.41) is 3.70. The van der Waals surface area contributed by atoms with E-state index in [-0.39, 0.29) is 6.61 Å². The molecule has 0 radical (unpaired) electrons. The highest BCUT2D eigenvalue weighted by Gasteiger charge is 2.34. The van der Waals surface area contributed by atoms with Crippen molar-refractivity contribution in [2.45, 2.75) is 18.9 Å². The third-order valence-electron chi connectivity index (χ3n) is 2.67. The number of ether oxygens (including phenoxy) is 1. The van der Waals surface area contributed by atoms with Gasteiger partial charge in [0.1, 0.15) is 5.54 Å². The Hall–Kier alpha value is -1.26. The Kier molecular flexibility index (Phi) is 4.78. The molecule has 1 aromatic rings. The number of nitrogens with one attached hydrogen (secondary N) is 1. The standard InChI is InChI=1S/C12H17ClN2O2/c1-3-12(8-17-2,11(14)16)15-10-6-4-5-9(13)7-10/h4-7,15H,3,8H2,1-2H3,(H2,14,16). The molecule has 0 aliphatic rings. The second kappa shape index (κ2) is 5.89. The number of amides is 1. The van der Waals surface area contributed by atoms with Crippen LogP contribution in [0.5, 0.6) is 0 Å². The Morgan fingerprint density at radius 1 is 1.59 bits per heavy atom. The molecule has 0 aromatic heterocycles. The van der Waals surface area contributed by atoms with Gasteiger partial charge in [0.25, 0.3) is 0 Å². The van der Waals surface area contributed by atoms with Crippen molar-refractivity contribution in [1.29, 1.82) is 0 Å². The van der Waals surface area contributed by atoms with Gasteiger partial charge in [0.2, 0.25) is 5.91 Å². The number of hydrogen-bond donors (Lipinski definition) is 2. The lowest BCUT2D eigenvalue weighted by atomic mass is 9.95. The molecule has 0 saturated carbocycles. The van der Waals surface area contributed by atoms with Crippen LogP contribution in [-0.2, 0) is 9.53 Å². The number of hydrogen-bond acceptors (Lipinski definition) is 3. The van der Waals surface area contributed by atoms with E-state index in [0.29, 0.717) is 11.4 Å². The lowest BCUT2D eigenvalue weighted by Crippen LogP contribution is -2.53. The van der Waals surface area contributed by atoms with Crippen molar-refractivity contribution in [3.8, 4) is 0 Å². The minimum Gasteiger partial charge on any atom is -0.382 e. The van der Waals surface area contributed by atoms with Gasteiger partial charge >= 0.3 is 0 Å². The summed E-state index contributed by atoms with van der Waals surface area (Å²) in [5.41, 5.74) is 5.28. The van der Waals surface area contributed by atoms with Crippen molar-refractivity contribution in [3.63, 3.8) is 0 Å². The zero-order valence-corrected chi connectivity index (χ0v) is 10.8. The first kappa shape index (κ1) is 13.8. The van der Waals surface area contributed by atoms with Crippen LogP contribution < -0.4 is 11.1 Å². The Labute approximate surface area is 106 Å². The number of rotatable bonds is 6. The van der Waals surface area contributed by atoms with Gasteiger partial charge in [0.15, 0.2) is 0 Å². The summed E-state index contributed by atoms with van der Waals surface area (Å²) >= 11 is 5.89. The van der Waals surface area contributed by atoms with E-state index in [4.69, 9.17) is 22.1 Å². The first-order valence-corrected chi connectivity index (χ1v) is 5.74. The number of methoxy groups -OCH3 is 1. The highest BCUT2D eigenvalue weighted by atomic mass is 35.5. The van der Waals surface area contributed by atoms with Crippen molar-refractivity contribution < 1.29 is 9.53 Å². The monoisotopic (exact) mass is 256 g/mol. The van der Waals surface area contributed by atoms with Crippen molar-refractivity contribution in [2.24, 2.45) is 5.73 Å². The number of nitrogens with two attached hydrogens (primary N) is 1. The molecular weight excluding hydrogens is 240 g/mol. The Balaban J connectivity index is 2.96. The normalized spacial score (nSPS) is 14.1. The molecular formula is C12H17ClN2O2. The molecule has 0 aliphatic heterocycles. The topological polar surface area (TPSA) is 64.3 Å². The average molecular weight is 257 g/mol. The van der Waals surface area contributed by atoms with Gasteiger partial charge in [-0.3, -0.25) is 4.79 Å². The van der Waals surface area contributed by atoms with Crippen LogP contribution in [0.1, 0.15) is 13.3 Å². The maximum Gasteiger partial charge on any atom is 0.245 e. The molecule has 1 atom stereocenters. The van der Waals surface area contributed by atoms with Crippen LogP contribution in [0, 0.1) is 0 Å². The summed E-state index contributed by atoms with van der Waals surface area (Å²) in [7, 11) is 1.53. The smallest absolute Gasteiger partial charge is 0.245 e. The highest BCUT2D eigenvalue weighted by molar-refractivity contribution is 6.30. The zero-order valence-electron chi connectivity index (χ0n) is 10.00. The van der Waals surface area contributed by atoms with Crippen LogP contribution in [0.3, 0.4) is 0 Å². The van der Waals surface area contributed by atoms with Crippen molar-refractivity contribution >= 4 is 23.2 Å². The van der Waals surface area contributed by atoms with E-state index >= 15 is 0 Å². The Morgan fingerprint density at radius 3 is 2.76 bits per heavy atom. The van der Waals surface area contributed by atoms with Gasteiger partial charge in [-0.05, 0) is 24.6 Å². The molecule has 5 heteroatoms. The minimum atomic E-state index is -0.903. The second-order valence-corrected chi connectivity index (χ2v) is 4.30. The van der Waals surface area contributed by atoms with Gasteiger partial charge in [-0.1, -0.05) is 24.6 Å². The van der Waals surface area contributed by atoms with E-state index in [2.05, 4.69) is 5.32 Å². The maximum absolute atomic E-state index is 11.6. The van der Waals surface area contributed by atoms with Crippen LogP contribution >= 0.6 is 11.6 Å². The van der Waals surface area contributed by atoms with Crippen molar-refractivity contribution in [3.05, 3.63) is 29.3 Å². The first-order chi connectivity index (χ1) is 8.04. The van der Waals surface area contributed by atoms with E-state index in [1.165, 1.54) is 7.11 Å². The molecule has 1 aromatic carbocycles. The summed E-state index contributed by atoms with van der Waals surface area (Å²) in [6, 6.07) is 7.14. The van der Waals surface area contributed by atoms with Crippen molar-refractivity contribution in [2.75, 3.05) is 19.0 Å². The number of carbonyl (C=O) groups excluding carboxylic acids is 1. The zero-order chi connectivity index (χ0) is 12.9. The average Bonchev–Trinajstić information content (AvgIpc) is 2.28. The summed E-state index contributed by atoms with van der Waals surface area (Å²) in [5.74, 6) is -0.443. The molecule has 0 fully saturated rings. The van der Waals surface area contributed by atoms with Gasteiger partial charge in [-0.15, -0.1) is 0 Å². The van der Waals surface area contributed by atoms with Gasteiger partial charge in [0, 0.05) is 17.8 Å². The number of carbonyl (C=O) groups is 1. The molecule has 1 unspecified atom stereocenters. The molecule has 3 N–H and O–H groups in total. The van der Waals surface area contributed by atoms with E-state index < -0.39 is 11.4 Å². The molecule has 0 heterocycles. The predicted octanol–water partition coefficient (Wildman–Crippen LogP) is 2.03. The first-order valence-electron chi connectivity index (χ1n) is 5.36. The Bertz CT molecular complexity index is 398. The van der Waals surface area contributed by atoms with Crippen molar-refractivity contribution in [1.82, 2.24) is 0 Å². The molecule has 4 nitrogen and oxygen atoms in total. The van der Waals surface area contributed by atoms with Gasteiger partial charge in [0.05, 0.1) is 6.61 Å². The molecule has 0 bridgehead atoms. The van der Waals surface area contributed by atoms with Crippen LogP contribution in [0.25, 0.3) is 0 Å².